The van der Waals surface area contributed by atoms with Gasteiger partial charge in [0.05, 0.1) is 13.2 Å². The summed E-state index contributed by atoms with van der Waals surface area (Å²) in [6.07, 6.45) is 2.99. The number of nitrogens with one attached hydrogen (secondary N) is 1. The topological polar surface area (TPSA) is 83.1 Å². The van der Waals surface area contributed by atoms with Gasteiger partial charge in [-0.2, -0.15) is 0 Å². The molecule has 2 aromatic rings. The van der Waals surface area contributed by atoms with Gasteiger partial charge in [-0.05, 0) is 56.7 Å². The first kappa shape index (κ1) is 23.8. The highest BCUT2D eigenvalue weighted by molar-refractivity contribution is 5.94. The van der Waals surface area contributed by atoms with Crippen LogP contribution in [0.25, 0.3) is 6.08 Å². The van der Waals surface area contributed by atoms with Crippen LogP contribution in [0.2, 0.25) is 0 Å². The van der Waals surface area contributed by atoms with Gasteiger partial charge in [-0.1, -0.05) is 24.3 Å². The van der Waals surface area contributed by atoms with Gasteiger partial charge in [-0.3, -0.25) is 4.79 Å². The number of carbonyl (C=O) groups excluding carboxylic acids is 2. The lowest BCUT2D eigenvalue weighted by Gasteiger charge is -2.13. The van der Waals surface area contributed by atoms with Crippen molar-refractivity contribution in [2.45, 2.75) is 26.8 Å². The first-order valence-electron chi connectivity index (χ1n) is 10.3. The summed E-state index contributed by atoms with van der Waals surface area (Å²) in [5.41, 5.74) is 0.760. The van der Waals surface area contributed by atoms with Crippen LogP contribution in [0.5, 0.6) is 17.2 Å². The van der Waals surface area contributed by atoms with Crippen molar-refractivity contribution in [1.29, 1.82) is 0 Å². The Morgan fingerprint density at radius 2 is 1.68 bits per heavy atom. The zero-order valence-corrected chi connectivity index (χ0v) is 18.1. The van der Waals surface area contributed by atoms with Crippen LogP contribution < -0.4 is 19.5 Å². The molecule has 2 aromatic carbocycles. The molecule has 0 fully saturated rings. The predicted molar refractivity (Wildman–Crippen MR) is 118 cm³/mol. The van der Waals surface area contributed by atoms with Gasteiger partial charge in [0, 0.05) is 6.08 Å². The standard InChI is InChI=1S/C24H29NO6/c1-4-28-22-17-19(12-14-23(26)25-18(3)24(27)29-5-2)11-13-21(22)31-16-15-30-20-9-7-6-8-10-20/h6-14,17-18H,4-5,15-16H2,1-3H3,(H,25,26)/b14-12+. The Labute approximate surface area is 183 Å². The molecule has 0 radical (unpaired) electrons. The van der Waals surface area contributed by atoms with Gasteiger partial charge in [0.25, 0.3) is 0 Å². The monoisotopic (exact) mass is 427 g/mol. The summed E-state index contributed by atoms with van der Waals surface area (Å²) in [5, 5.41) is 2.56. The quantitative estimate of drug-likeness (QED) is 0.316. The smallest absolute Gasteiger partial charge is 0.328 e. The highest BCUT2D eigenvalue weighted by Crippen LogP contribution is 2.29. The van der Waals surface area contributed by atoms with E-state index in [-0.39, 0.29) is 6.61 Å². The van der Waals surface area contributed by atoms with Gasteiger partial charge < -0.3 is 24.3 Å². The molecule has 7 nitrogen and oxygen atoms in total. The number of carbonyl (C=O) groups is 2. The van der Waals surface area contributed by atoms with Crippen LogP contribution in [0, 0.1) is 0 Å². The van der Waals surface area contributed by atoms with Crippen LogP contribution >= 0.6 is 0 Å². The minimum atomic E-state index is -0.718. The fraction of sp³-hybridized carbons (Fsp3) is 0.333. The summed E-state index contributed by atoms with van der Waals surface area (Å²) in [4.78, 5) is 23.6. The average Bonchev–Trinajstić information content (AvgIpc) is 2.77. The predicted octanol–water partition coefficient (Wildman–Crippen LogP) is 3.62. The number of hydrogen-bond donors (Lipinski definition) is 1. The largest absolute Gasteiger partial charge is 0.490 e. The number of ether oxygens (including phenoxy) is 4. The summed E-state index contributed by atoms with van der Waals surface area (Å²) < 4.78 is 21.9. The molecular formula is C24H29NO6. The number of para-hydroxylation sites is 1. The van der Waals surface area contributed by atoms with E-state index in [4.69, 9.17) is 18.9 Å². The third-order valence-corrected chi connectivity index (χ3v) is 4.05. The van der Waals surface area contributed by atoms with E-state index < -0.39 is 17.9 Å². The molecule has 0 aliphatic carbocycles. The molecular weight excluding hydrogens is 398 g/mol. The van der Waals surface area contributed by atoms with E-state index in [0.29, 0.717) is 31.3 Å². The molecule has 0 aromatic heterocycles. The molecule has 0 saturated heterocycles. The maximum atomic E-state index is 12.0. The maximum Gasteiger partial charge on any atom is 0.328 e. The van der Waals surface area contributed by atoms with Gasteiger partial charge >= 0.3 is 5.97 Å². The Bertz CT molecular complexity index is 866. The zero-order valence-electron chi connectivity index (χ0n) is 18.1. The SMILES string of the molecule is CCOC(=O)C(C)NC(=O)/C=C/c1ccc(OCCOc2ccccc2)c(OCC)c1. The first-order valence-corrected chi connectivity index (χ1v) is 10.3. The fourth-order valence-electron chi connectivity index (χ4n) is 2.60. The lowest BCUT2D eigenvalue weighted by Crippen LogP contribution is -2.38. The number of rotatable bonds is 12. The van der Waals surface area contributed by atoms with Crippen LogP contribution in [-0.2, 0) is 14.3 Å². The summed E-state index contributed by atoms with van der Waals surface area (Å²) in [6, 6.07) is 14.2. The molecule has 31 heavy (non-hydrogen) atoms. The highest BCUT2D eigenvalue weighted by Gasteiger charge is 2.15. The summed E-state index contributed by atoms with van der Waals surface area (Å²) in [6.45, 7) is 6.67. The molecule has 166 valence electrons. The lowest BCUT2D eigenvalue weighted by molar-refractivity contribution is -0.146. The first-order chi connectivity index (χ1) is 15.0. The van der Waals surface area contributed by atoms with E-state index in [1.54, 1.807) is 32.1 Å². The highest BCUT2D eigenvalue weighted by atomic mass is 16.5. The molecule has 0 spiro atoms. The van der Waals surface area contributed by atoms with Crippen molar-refractivity contribution in [1.82, 2.24) is 5.32 Å². The summed E-state index contributed by atoms with van der Waals surface area (Å²) in [5.74, 6) is 1.09. The van der Waals surface area contributed by atoms with Crippen LogP contribution in [0.1, 0.15) is 26.3 Å². The van der Waals surface area contributed by atoms with E-state index in [2.05, 4.69) is 5.32 Å². The van der Waals surface area contributed by atoms with E-state index in [9.17, 15) is 9.59 Å². The molecule has 1 N–H and O–H groups in total. The van der Waals surface area contributed by atoms with E-state index in [1.165, 1.54) is 6.08 Å². The molecule has 2 rings (SSSR count). The second kappa shape index (κ2) is 13.0. The Balaban J connectivity index is 1.91. The minimum Gasteiger partial charge on any atom is -0.490 e. The van der Waals surface area contributed by atoms with Crippen molar-refractivity contribution in [3.05, 3.63) is 60.2 Å². The normalized spacial score (nSPS) is 11.6. The second-order valence-electron chi connectivity index (χ2n) is 6.46. The Morgan fingerprint density at radius 3 is 2.39 bits per heavy atom. The van der Waals surface area contributed by atoms with Gasteiger partial charge in [-0.15, -0.1) is 0 Å². The van der Waals surface area contributed by atoms with E-state index >= 15 is 0 Å². The molecule has 7 heteroatoms. The Morgan fingerprint density at radius 1 is 0.935 bits per heavy atom. The molecule has 1 atom stereocenters. The maximum absolute atomic E-state index is 12.0. The molecule has 1 unspecified atom stereocenters. The third kappa shape index (κ3) is 8.42. The summed E-state index contributed by atoms with van der Waals surface area (Å²) >= 11 is 0. The second-order valence-corrected chi connectivity index (χ2v) is 6.46. The van der Waals surface area contributed by atoms with Crippen LogP contribution in [0.4, 0.5) is 0 Å². The van der Waals surface area contributed by atoms with Crippen LogP contribution in [0.15, 0.2) is 54.6 Å². The van der Waals surface area contributed by atoms with Crippen LogP contribution in [0.3, 0.4) is 0 Å². The van der Waals surface area contributed by atoms with Crippen LogP contribution in [-0.4, -0.2) is 44.3 Å². The van der Waals surface area contributed by atoms with Crippen molar-refractivity contribution >= 4 is 18.0 Å². The van der Waals surface area contributed by atoms with Crippen molar-refractivity contribution in [2.75, 3.05) is 26.4 Å². The minimum absolute atomic E-state index is 0.266. The molecule has 0 saturated carbocycles. The van der Waals surface area contributed by atoms with Crippen molar-refractivity contribution in [3.8, 4) is 17.2 Å². The van der Waals surface area contributed by atoms with Gasteiger partial charge in [0.15, 0.2) is 11.5 Å². The molecule has 0 aliphatic heterocycles. The molecule has 0 heterocycles. The number of amides is 1. The third-order valence-electron chi connectivity index (χ3n) is 4.05. The van der Waals surface area contributed by atoms with Crippen molar-refractivity contribution < 1.29 is 28.5 Å². The van der Waals surface area contributed by atoms with Crippen molar-refractivity contribution in [2.24, 2.45) is 0 Å². The number of benzene rings is 2. The molecule has 1 amide bonds. The zero-order chi connectivity index (χ0) is 22.5. The average molecular weight is 427 g/mol. The van der Waals surface area contributed by atoms with Gasteiger partial charge in [0.1, 0.15) is 25.0 Å². The van der Waals surface area contributed by atoms with Gasteiger partial charge in [-0.25, -0.2) is 4.79 Å². The summed E-state index contributed by atoms with van der Waals surface area (Å²) in [7, 11) is 0. The van der Waals surface area contributed by atoms with E-state index in [1.807, 2.05) is 43.3 Å². The molecule has 0 bridgehead atoms. The van der Waals surface area contributed by atoms with Crippen molar-refractivity contribution in [3.63, 3.8) is 0 Å². The lowest BCUT2D eigenvalue weighted by atomic mass is 10.2. The Kier molecular flexibility index (Phi) is 9.94. The molecule has 0 aliphatic rings. The van der Waals surface area contributed by atoms with E-state index in [0.717, 1.165) is 11.3 Å². The number of hydrogen-bond acceptors (Lipinski definition) is 6. The Hall–Kier alpha value is -3.48. The van der Waals surface area contributed by atoms with Gasteiger partial charge in [0.2, 0.25) is 5.91 Å². The fourth-order valence-corrected chi connectivity index (χ4v) is 2.60. The number of esters is 1.